The summed E-state index contributed by atoms with van der Waals surface area (Å²) in [7, 11) is 3.89. The summed E-state index contributed by atoms with van der Waals surface area (Å²) < 4.78 is 37.4. The van der Waals surface area contributed by atoms with Crippen molar-refractivity contribution < 1.29 is 13.2 Å². The fourth-order valence-corrected chi connectivity index (χ4v) is 1.90. The molecule has 0 heterocycles. The molecule has 108 valence electrons. The molecule has 0 radical (unpaired) electrons. The predicted molar refractivity (Wildman–Crippen MR) is 71.0 cm³/mol. The molecule has 1 rings (SSSR count). The van der Waals surface area contributed by atoms with Gasteiger partial charge in [0.1, 0.15) is 0 Å². The average molecular weight is 274 g/mol. The Morgan fingerprint density at radius 1 is 1.21 bits per heavy atom. The lowest BCUT2D eigenvalue weighted by Gasteiger charge is -2.25. The molecule has 1 aromatic carbocycles. The molecule has 1 aromatic rings. The molecule has 0 aliphatic rings. The number of benzene rings is 1. The highest BCUT2D eigenvalue weighted by molar-refractivity contribution is 5.26. The Morgan fingerprint density at radius 3 is 2.26 bits per heavy atom. The van der Waals surface area contributed by atoms with E-state index in [1.165, 1.54) is 0 Å². The third-order valence-corrected chi connectivity index (χ3v) is 3.32. The molecule has 0 saturated heterocycles. The van der Waals surface area contributed by atoms with Crippen LogP contribution in [0.3, 0.4) is 0 Å². The summed E-state index contributed by atoms with van der Waals surface area (Å²) in [4.78, 5) is 2.14. The van der Waals surface area contributed by atoms with Crippen LogP contribution in [0.4, 0.5) is 13.2 Å². The zero-order chi connectivity index (χ0) is 14.5. The van der Waals surface area contributed by atoms with Crippen LogP contribution < -0.4 is 5.32 Å². The fraction of sp³-hybridized carbons (Fsp3) is 0.571. The van der Waals surface area contributed by atoms with Gasteiger partial charge in [-0.25, -0.2) is 0 Å². The Hall–Kier alpha value is -1.07. The number of nitrogens with zero attached hydrogens (tertiary/aromatic N) is 1. The van der Waals surface area contributed by atoms with Crippen LogP contribution in [-0.2, 0) is 6.18 Å². The minimum atomic E-state index is -4.26. The molecule has 0 aromatic heterocycles. The molecule has 1 atom stereocenters. The lowest BCUT2D eigenvalue weighted by molar-refractivity contribution is -0.137. The van der Waals surface area contributed by atoms with Crippen molar-refractivity contribution in [3.63, 3.8) is 0 Å². The van der Waals surface area contributed by atoms with Crippen molar-refractivity contribution in [2.24, 2.45) is 0 Å². The van der Waals surface area contributed by atoms with Gasteiger partial charge in [0.25, 0.3) is 0 Å². The van der Waals surface area contributed by atoms with Crippen LogP contribution in [0.5, 0.6) is 0 Å². The van der Waals surface area contributed by atoms with E-state index in [9.17, 15) is 13.2 Å². The van der Waals surface area contributed by atoms with E-state index in [-0.39, 0.29) is 6.04 Å². The minimum absolute atomic E-state index is 0.110. The van der Waals surface area contributed by atoms with E-state index in [0.29, 0.717) is 0 Å². The van der Waals surface area contributed by atoms with Crippen LogP contribution in [0.1, 0.15) is 30.5 Å². The number of rotatable bonds is 6. The third kappa shape index (κ3) is 4.84. The van der Waals surface area contributed by atoms with Gasteiger partial charge in [-0.3, -0.25) is 4.90 Å². The second-order valence-electron chi connectivity index (χ2n) is 4.73. The molecule has 0 saturated carbocycles. The van der Waals surface area contributed by atoms with Crippen LogP contribution in [-0.4, -0.2) is 32.1 Å². The molecule has 19 heavy (non-hydrogen) atoms. The van der Waals surface area contributed by atoms with Gasteiger partial charge >= 0.3 is 6.18 Å². The SMILES string of the molecule is CNCCCN(C)C(C)c1ccc(C(F)(F)F)cc1. The van der Waals surface area contributed by atoms with Crippen LogP contribution in [0, 0.1) is 0 Å². The van der Waals surface area contributed by atoms with Crippen LogP contribution in [0.2, 0.25) is 0 Å². The highest BCUT2D eigenvalue weighted by Crippen LogP contribution is 2.30. The van der Waals surface area contributed by atoms with Crippen LogP contribution >= 0.6 is 0 Å². The molecule has 0 amide bonds. The zero-order valence-corrected chi connectivity index (χ0v) is 11.6. The second-order valence-corrected chi connectivity index (χ2v) is 4.73. The Kier molecular flexibility index (Phi) is 5.82. The molecular weight excluding hydrogens is 253 g/mol. The summed E-state index contributed by atoms with van der Waals surface area (Å²) >= 11 is 0. The number of nitrogens with one attached hydrogen (secondary N) is 1. The molecule has 0 aliphatic carbocycles. The maximum atomic E-state index is 12.5. The van der Waals surface area contributed by atoms with E-state index >= 15 is 0 Å². The summed E-state index contributed by atoms with van der Waals surface area (Å²) in [5.74, 6) is 0. The van der Waals surface area contributed by atoms with Gasteiger partial charge in [0.05, 0.1) is 5.56 Å². The predicted octanol–water partition coefficient (Wildman–Crippen LogP) is 3.31. The largest absolute Gasteiger partial charge is 0.416 e. The normalized spacial score (nSPS) is 13.8. The molecule has 0 spiro atoms. The number of hydrogen-bond donors (Lipinski definition) is 1. The van der Waals surface area contributed by atoms with Crippen molar-refractivity contribution >= 4 is 0 Å². The van der Waals surface area contributed by atoms with Gasteiger partial charge in [0.15, 0.2) is 0 Å². The molecular formula is C14H21F3N2. The maximum absolute atomic E-state index is 12.5. The highest BCUT2D eigenvalue weighted by Gasteiger charge is 2.30. The molecule has 5 heteroatoms. The van der Waals surface area contributed by atoms with Crippen molar-refractivity contribution in [1.29, 1.82) is 0 Å². The van der Waals surface area contributed by atoms with E-state index in [2.05, 4.69) is 10.2 Å². The Labute approximate surface area is 112 Å². The van der Waals surface area contributed by atoms with E-state index in [1.54, 1.807) is 12.1 Å². The Balaban J connectivity index is 2.64. The number of halogens is 3. The van der Waals surface area contributed by atoms with Crippen LogP contribution in [0.25, 0.3) is 0 Å². The first-order valence-corrected chi connectivity index (χ1v) is 6.38. The van der Waals surface area contributed by atoms with Crippen molar-refractivity contribution in [3.8, 4) is 0 Å². The first kappa shape index (κ1) is 16.0. The zero-order valence-electron chi connectivity index (χ0n) is 11.6. The monoisotopic (exact) mass is 274 g/mol. The maximum Gasteiger partial charge on any atom is 0.416 e. The van der Waals surface area contributed by atoms with Gasteiger partial charge in [0.2, 0.25) is 0 Å². The quantitative estimate of drug-likeness (QED) is 0.801. The van der Waals surface area contributed by atoms with E-state index in [1.807, 2.05) is 21.0 Å². The lowest BCUT2D eigenvalue weighted by Crippen LogP contribution is -2.25. The highest BCUT2D eigenvalue weighted by atomic mass is 19.4. The summed E-state index contributed by atoms with van der Waals surface area (Å²) in [5, 5.41) is 3.07. The van der Waals surface area contributed by atoms with Gasteiger partial charge in [-0.2, -0.15) is 13.2 Å². The van der Waals surface area contributed by atoms with Crippen molar-refractivity contribution in [2.45, 2.75) is 25.6 Å². The molecule has 1 unspecified atom stereocenters. The van der Waals surface area contributed by atoms with Crippen molar-refractivity contribution in [2.75, 3.05) is 27.2 Å². The lowest BCUT2D eigenvalue weighted by atomic mass is 10.0. The minimum Gasteiger partial charge on any atom is -0.320 e. The Bertz CT molecular complexity index is 373. The second kappa shape index (κ2) is 6.91. The number of alkyl halides is 3. The van der Waals surface area contributed by atoms with Gasteiger partial charge in [-0.05, 0) is 58.2 Å². The van der Waals surface area contributed by atoms with E-state index in [4.69, 9.17) is 0 Å². The summed E-state index contributed by atoms with van der Waals surface area (Å²) in [6.07, 6.45) is -3.25. The van der Waals surface area contributed by atoms with E-state index < -0.39 is 11.7 Å². The van der Waals surface area contributed by atoms with Crippen LogP contribution in [0.15, 0.2) is 24.3 Å². The summed E-state index contributed by atoms with van der Waals surface area (Å²) in [5.41, 5.74) is 0.307. The van der Waals surface area contributed by atoms with Gasteiger partial charge in [-0.1, -0.05) is 12.1 Å². The van der Waals surface area contributed by atoms with Gasteiger partial charge in [0, 0.05) is 6.04 Å². The van der Waals surface area contributed by atoms with E-state index in [0.717, 1.165) is 37.2 Å². The summed E-state index contributed by atoms with van der Waals surface area (Å²) in [6.45, 7) is 3.84. The standard InChI is InChI=1S/C14H21F3N2/c1-11(19(3)10-4-9-18-2)12-5-7-13(8-6-12)14(15,16)17/h5-8,11,18H,4,9-10H2,1-3H3. The first-order chi connectivity index (χ1) is 8.86. The average Bonchev–Trinajstić information content (AvgIpc) is 2.37. The Morgan fingerprint density at radius 2 is 1.79 bits per heavy atom. The molecule has 0 bridgehead atoms. The fourth-order valence-electron chi connectivity index (χ4n) is 1.90. The molecule has 1 N–H and O–H groups in total. The molecule has 0 aliphatic heterocycles. The smallest absolute Gasteiger partial charge is 0.320 e. The molecule has 0 fully saturated rings. The number of hydrogen-bond acceptors (Lipinski definition) is 2. The van der Waals surface area contributed by atoms with Crippen molar-refractivity contribution in [3.05, 3.63) is 35.4 Å². The molecule has 2 nitrogen and oxygen atoms in total. The topological polar surface area (TPSA) is 15.3 Å². The first-order valence-electron chi connectivity index (χ1n) is 6.38. The third-order valence-electron chi connectivity index (χ3n) is 3.32. The summed E-state index contributed by atoms with van der Waals surface area (Å²) in [6, 6.07) is 5.52. The van der Waals surface area contributed by atoms with Gasteiger partial charge < -0.3 is 5.32 Å². The van der Waals surface area contributed by atoms with Gasteiger partial charge in [-0.15, -0.1) is 0 Å². The van der Waals surface area contributed by atoms with Crippen molar-refractivity contribution in [1.82, 2.24) is 10.2 Å².